The smallest absolute Gasteiger partial charge is 0.306 e. The highest BCUT2D eigenvalue weighted by Gasteiger charge is 2.26. The van der Waals surface area contributed by atoms with Gasteiger partial charge in [0, 0.05) is 6.54 Å². The molecule has 1 aromatic heterocycles. The highest BCUT2D eigenvalue weighted by atomic mass is 35.5. The molecule has 7 heteroatoms. The van der Waals surface area contributed by atoms with E-state index in [1.54, 1.807) is 0 Å². The number of rotatable bonds is 4. The second-order valence-electron chi connectivity index (χ2n) is 4.99. The molecule has 0 atom stereocenters. The molecule has 2 N–H and O–H groups in total. The van der Waals surface area contributed by atoms with Crippen molar-refractivity contribution in [2.45, 2.75) is 25.7 Å². The minimum atomic E-state index is -0.719. The molecule has 0 unspecified atom stereocenters. The number of carbonyl (C=O) groups excluding carboxylic acids is 1. The number of carboxylic acids is 1. The number of carboxylic acid groups (broad SMARTS) is 1. The van der Waals surface area contributed by atoms with Gasteiger partial charge in [0.05, 0.1) is 18.3 Å². The summed E-state index contributed by atoms with van der Waals surface area (Å²) in [5.41, 5.74) is 0.230. The number of nitrogens with one attached hydrogen (secondary N) is 1. The number of halogens is 1. The quantitative estimate of drug-likeness (QED) is 0.883. The lowest BCUT2D eigenvalue weighted by Gasteiger charge is -2.26. The molecule has 0 bridgehead atoms. The van der Waals surface area contributed by atoms with E-state index in [1.165, 1.54) is 12.4 Å². The van der Waals surface area contributed by atoms with Gasteiger partial charge in [0.2, 0.25) is 0 Å². The van der Waals surface area contributed by atoms with Gasteiger partial charge in [-0.1, -0.05) is 11.6 Å². The standard InChI is InChI=1S/C13H16ClN3O3/c14-11-7-15-10(6-16-11)12(18)17-5-8-1-3-9(4-2-8)13(19)20/h6-9H,1-5H2,(H,17,18)(H,19,20). The molecule has 0 aliphatic heterocycles. The van der Waals surface area contributed by atoms with Crippen molar-refractivity contribution in [1.29, 1.82) is 0 Å². The Morgan fingerprint density at radius 3 is 2.50 bits per heavy atom. The molecule has 0 radical (unpaired) electrons. The summed E-state index contributed by atoms with van der Waals surface area (Å²) >= 11 is 5.60. The fraction of sp³-hybridized carbons (Fsp3) is 0.538. The summed E-state index contributed by atoms with van der Waals surface area (Å²) in [7, 11) is 0. The van der Waals surface area contributed by atoms with Crippen molar-refractivity contribution in [1.82, 2.24) is 15.3 Å². The van der Waals surface area contributed by atoms with E-state index in [1.807, 2.05) is 0 Å². The molecule has 1 amide bonds. The van der Waals surface area contributed by atoms with Crippen LogP contribution < -0.4 is 5.32 Å². The molecule has 2 rings (SSSR count). The van der Waals surface area contributed by atoms with E-state index in [4.69, 9.17) is 16.7 Å². The van der Waals surface area contributed by atoms with E-state index in [9.17, 15) is 9.59 Å². The first-order valence-electron chi connectivity index (χ1n) is 6.55. The average Bonchev–Trinajstić information content (AvgIpc) is 2.46. The predicted molar refractivity (Wildman–Crippen MR) is 72.5 cm³/mol. The fourth-order valence-corrected chi connectivity index (χ4v) is 2.47. The molecule has 0 saturated heterocycles. The van der Waals surface area contributed by atoms with Crippen molar-refractivity contribution < 1.29 is 14.7 Å². The normalized spacial score (nSPS) is 22.2. The first kappa shape index (κ1) is 14.7. The third kappa shape index (κ3) is 3.90. The zero-order valence-corrected chi connectivity index (χ0v) is 11.6. The Morgan fingerprint density at radius 1 is 1.25 bits per heavy atom. The van der Waals surface area contributed by atoms with Gasteiger partial charge in [0.15, 0.2) is 0 Å². The minimum Gasteiger partial charge on any atom is -0.481 e. The van der Waals surface area contributed by atoms with Crippen molar-refractivity contribution in [2.75, 3.05) is 6.54 Å². The van der Waals surface area contributed by atoms with E-state index < -0.39 is 5.97 Å². The van der Waals surface area contributed by atoms with Crippen LogP contribution in [0.15, 0.2) is 12.4 Å². The molecule has 1 aromatic rings. The van der Waals surface area contributed by atoms with E-state index >= 15 is 0 Å². The lowest BCUT2D eigenvalue weighted by Crippen LogP contribution is -2.32. The molecular weight excluding hydrogens is 282 g/mol. The molecular formula is C13H16ClN3O3. The molecule has 108 valence electrons. The van der Waals surface area contributed by atoms with Crippen LogP contribution in [0.5, 0.6) is 0 Å². The largest absolute Gasteiger partial charge is 0.481 e. The summed E-state index contributed by atoms with van der Waals surface area (Å²) in [6.45, 7) is 0.537. The lowest BCUT2D eigenvalue weighted by molar-refractivity contribution is -0.143. The van der Waals surface area contributed by atoms with Crippen LogP contribution in [-0.4, -0.2) is 33.5 Å². The summed E-state index contributed by atoms with van der Waals surface area (Å²) in [5, 5.41) is 12.0. The average molecular weight is 298 g/mol. The molecule has 1 aliphatic rings. The van der Waals surface area contributed by atoms with Gasteiger partial charge >= 0.3 is 5.97 Å². The number of aliphatic carboxylic acids is 1. The monoisotopic (exact) mass is 297 g/mol. The minimum absolute atomic E-state index is 0.230. The van der Waals surface area contributed by atoms with Crippen LogP contribution in [0.1, 0.15) is 36.2 Å². The second-order valence-corrected chi connectivity index (χ2v) is 5.38. The Balaban J connectivity index is 1.77. The molecule has 20 heavy (non-hydrogen) atoms. The molecule has 1 saturated carbocycles. The molecule has 0 aromatic carbocycles. The number of aromatic nitrogens is 2. The maximum absolute atomic E-state index is 11.8. The topological polar surface area (TPSA) is 92.2 Å². The van der Waals surface area contributed by atoms with Crippen molar-refractivity contribution >= 4 is 23.5 Å². The highest BCUT2D eigenvalue weighted by Crippen LogP contribution is 2.28. The summed E-state index contributed by atoms with van der Waals surface area (Å²) in [6, 6.07) is 0. The Kier molecular flexibility index (Phi) is 4.89. The first-order chi connectivity index (χ1) is 9.56. The van der Waals surface area contributed by atoms with Crippen molar-refractivity contribution in [3.63, 3.8) is 0 Å². The summed E-state index contributed by atoms with van der Waals surface area (Å²) in [6.07, 6.45) is 5.66. The zero-order chi connectivity index (χ0) is 14.5. The molecule has 1 heterocycles. The zero-order valence-electron chi connectivity index (χ0n) is 10.9. The summed E-state index contributed by atoms with van der Waals surface area (Å²) in [5.74, 6) is -0.905. The maximum atomic E-state index is 11.8. The van der Waals surface area contributed by atoms with Gasteiger partial charge < -0.3 is 10.4 Å². The molecule has 1 fully saturated rings. The maximum Gasteiger partial charge on any atom is 0.306 e. The van der Waals surface area contributed by atoms with Crippen LogP contribution in [0.3, 0.4) is 0 Å². The first-order valence-corrected chi connectivity index (χ1v) is 6.92. The van der Waals surface area contributed by atoms with Gasteiger partial charge in [-0.3, -0.25) is 9.59 Å². The Hall–Kier alpha value is -1.69. The van der Waals surface area contributed by atoms with E-state index in [0.717, 1.165) is 12.8 Å². The van der Waals surface area contributed by atoms with E-state index in [0.29, 0.717) is 25.3 Å². The number of hydrogen-bond acceptors (Lipinski definition) is 4. The fourth-order valence-electron chi connectivity index (χ4n) is 2.37. The van der Waals surface area contributed by atoms with E-state index in [2.05, 4.69) is 15.3 Å². The number of hydrogen-bond donors (Lipinski definition) is 2. The van der Waals surface area contributed by atoms with Crippen LogP contribution in [0.25, 0.3) is 0 Å². The molecule has 0 spiro atoms. The van der Waals surface area contributed by atoms with Gasteiger partial charge in [-0.25, -0.2) is 9.97 Å². The number of nitrogens with zero attached hydrogens (tertiary/aromatic N) is 2. The van der Waals surface area contributed by atoms with Crippen molar-refractivity contribution in [2.24, 2.45) is 11.8 Å². The Bertz CT molecular complexity index is 484. The number of amides is 1. The van der Waals surface area contributed by atoms with Crippen LogP contribution in [-0.2, 0) is 4.79 Å². The van der Waals surface area contributed by atoms with Crippen LogP contribution in [0.2, 0.25) is 5.15 Å². The van der Waals surface area contributed by atoms with Crippen LogP contribution in [0, 0.1) is 11.8 Å². The van der Waals surface area contributed by atoms with Crippen LogP contribution >= 0.6 is 11.6 Å². The highest BCUT2D eigenvalue weighted by molar-refractivity contribution is 6.29. The Morgan fingerprint density at radius 2 is 1.95 bits per heavy atom. The van der Waals surface area contributed by atoms with Gasteiger partial charge in [-0.05, 0) is 31.6 Å². The summed E-state index contributed by atoms with van der Waals surface area (Å²) < 4.78 is 0. The lowest BCUT2D eigenvalue weighted by atomic mass is 9.82. The van der Waals surface area contributed by atoms with Crippen LogP contribution in [0.4, 0.5) is 0 Å². The third-order valence-electron chi connectivity index (χ3n) is 3.60. The van der Waals surface area contributed by atoms with Gasteiger partial charge in [-0.15, -0.1) is 0 Å². The third-order valence-corrected chi connectivity index (χ3v) is 3.80. The number of carbonyl (C=O) groups is 2. The van der Waals surface area contributed by atoms with Crippen molar-refractivity contribution in [3.05, 3.63) is 23.2 Å². The Labute approximate surface area is 121 Å². The van der Waals surface area contributed by atoms with Gasteiger partial charge in [0.1, 0.15) is 10.8 Å². The van der Waals surface area contributed by atoms with E-state index in [-0.39, 0.29) is 22.7 Å². The molecule has 6 nitrogen and oxygen atoms in total. The SMILES string of the molecule is O=C(NCC1CCC(C(=O)O)CC1)c1cnc(Cl)cn1. The second kappa shape index (κ2) is 6.65. The summed E-state index contributed by atoms with van der Waals surface area (Å²) in [4.78, 5) is 30.4. The predicted octanol–water partition coefficient (Wildman–Crippen LogP) is 1.75. The molecule has 1 aliphatic carbocycles. The van der Waals surface area contributed by atoms with Gasteiger partial charge in [0.25, 0.3) is 5.91 Å². The van der Waals surface area contributed by atoms with Crippen molar-refractivity contribution in [3.8, 4) is 0 Å². The van der Waals surface area contributed by atoms with Gasteiger partial charge in [-0.2, -0.15) is 0 Å².